The Hall–Kier alpha value is -2.81. The van der Waals surface area contributed by atoms with Gasteiger partial charge in [-0.1, -0.05) is 19.3 Å². The molecule has 198 valence electrons. The molecule has 1 aliphatic carbocycles. The molecule has 0 spiro atoms. The van der Waals surface area contributed by atoms with Crippen molar-refractivity contribution >= 4 is 23.5 Å². The van der Waals surface area contributed by atoms with Gasteiger partial charge in [0.2, 0.25) is 5.91 Å². The summed E-state index contributed by atoms with van der Waals surface area (Å²) in [5.41, 5.74) is 0.927. The van der Waals surface area contributed by atoms with Gasteiger partial charge in [0.1, 0.15) is 18.5 Å². The molecular formula is C27H40N4O5. The van der Waals surface area contributed by atoms with E-state index in [-0.39, 0.29) is 48.7 Å². The lowest BCUT2D eigenvalue weighted by Gasteiger charge is -2.42. The van der Waals surface area contributed by atoms with Crippen molar-refractivity contribution in [1.82, 2.24) is 15.5 Å². The van der Waals surface area contributed by atoms with E-state index >= 15 is 0 Å². The molecule has 1 saturated carbocycles. The molecule has 1 saturated heterocycles. The summed E-state index contributed by atoms with van der Waals surface area (Å²) in [5, 5.41) is 8.64. The number of carbonyl (C=O) groups is 3. The Bertz CT molecular complexity index is 946. The second-order valence-corrected chi connectivity index (χ2v) is 10.6. The molecular weight excluding hydrogens is 460 g/mol. The van der Waals surface area contributed by atoms with Gasteiger partial charge in [0.05, 0.1) is 24.1 Å². The quantitative estimate of drug-likeness (QED) is 0.552. The molecule has 2 heterocycles. The van der Waals surface area contributed by atoms with Crippen molar-refractivity contribution < 1.29 is 23.9 Å². The fraction of sp³-hybridized carbons (Fsp3) is 0.667. The number of fused-ring (bicyclic) bond motifs is 2. The van der Waals surface area contributed by atoms with Crippen molar-refractivity contribution in [3.05, 3.63) is 23.8 Å². The fourth-order valence-electron chi connectivity index (χ4n) is 5.46. The van der Waals surface area contributed by atoms with Crippen LogP contribution in [0.4, 0.5) is 10.5 Å². The minimum Gasteiger partial charge on any atom is -0.490 e. The number of urea groups is 1. The Morgan fingerprint density at radius 1 is 1.11 bits per heavy atom. The van der Waals surface area contributed by atoms with Crippen molar-refractivity contribution in [3.63, 3.8) is 0 Å². The predicted molar refractivity (Wildman–Crippen MR) is 137 cm³/mol. The molecule has 3 atom stereocenters. The predicted octanol–water partition coefficient (Wildman–Crippen LogP) is 3.68. The summed E-state index contributed by atoms with van der Waals surface area (Å²) in [7, 11) is 1.78. The smallest absolute Gasteiger partial charge is 0.319 e. The van der Waals surface area contributed by atoms with Crippen LogP contribution in [0.15, 0.2) is 18.2 Å². The highest BCUT2D eigenvalue weighted by atomic mass is 16.5. The molecule has 3 N–H and O–H groups in total. The molecule has 0 bridgehead atoms. The number of hydrogen-bond donors (Lipinski definition) is 3. The van der Waals surface area contributed by atoms with E-state index in [2.05, 4.69) is 16.0 Å². The first-order chi connectivity index (χ1) is 17.3. The number of benzene rings is 1. The lowest BCUT2D eigenvalue weighted by Crippen LogP contribution is -2.54. The van der Waals surface area contributed by atoms with Crippen molar-refractivity contribution in [2.75, 3.05) is 25.5 Å². The summed E-state index contributed by atoms with van der Waals surface area (Å²) in [6, 6.07) is 4.59. The maximum absolute atomic E-state index is 13.4. The van der Waals surface area contributed by atoms with E-state index in [4.69, 9.17) is 9.47 Å². The third kappa shape index (κ3) is 6.69. The Morgan fingerprint density at radius 2 is 1.89 bits per heavy atom. The van der Waals surface area contributed by atoms with E-state index in [1.165, 1.54) is 32.1 Å². The Labute approximate surface area is 213 Å². The van der Waals surface area contributed by atoms with Crippen LogP contribution in [0.2, 0.25) is 0 Å². The molecule has 9 nitrogen and oxygen atoms in total. The topological polar surface area (TPSA) is 109 Å². The lowest BCUT2D eigenvalue weighted by atomic mass is 9.89. The highest BCUT2D eigenvalue weighted by Gasteiger charge is 2.39. The molecule has 2 aliphatic heterocycles. The monoisotopic (exact) mass is 500 g/mol. The van der Waals surface area contributed by atoms with Gasteiger partial charge in [-0.3, -0.25) is 9.59 Å². The number of rotatable bonds is 6. The molecule has 4 amide bonds. The third-order valence-electron chi connectivity index (χ3n) is 7.42. The zero-order valence-corrected chi connectivity index (χ0v) is 21.7. The van der Waals surface area contributed by atoms with Gasteiger partial charge in [-0.05, 0) is 63.6 Å². The van der Waals surface area contributed by atoms with Crippen LogP contribution in [0.1, 0.15) is 75.6 Å². The summed E-state index contributed by atoms with van der Waals surface area (Å²) < 4.78 is 12.3. The van der Waals surface area contributed by atoms with Crippen LogP contribution in [-0.2, 0) is 9.53 Å². The van der Waals surface area contributed by atoms with Crippen LogP contribution < -0.4 is 20.7 Å². The first kappa shape index (κ1) is 26.3. The third-order valence-corrected chi connectivity index (χ3v) is 7.42. The first-order valence-corrected chi connectivity index (χ1v) is 13.3. The molecule has 0 radical (unpaired) electrons. The molecule has 36 heavy (non-hydrogen) atoms. The summed E-state index contributed by atoms with van der Waals surface area (Å²) in [6.45, 7) is 4.80. The highest BCUT2D eigenvalue weighted by molar-refractivity contribution is 5.99. The fourth-order valence-corrected chi connectivity index (χ4v) is 5.46. The van der Waals surface area contributed by atoms with E-state index in [0.29, 0.717) is 35.8 Å². The summed E-state index contributed by atoms with van der Waals surface area (Å²) in [4.78, 5) is 39.7. The van der Waals surface area contributed by atoms with Crippen molar-refractivity contribution in [1.29, 1.82) is 0 Å². The highest BCUT2D eigenvalue weighted by Crippen LogP contribution is 2.32. The number of likely N-dealkylation sites (N-methyl/N-ethyl adjacent to an activating group) is 1. The van der Waals surface area contributed by atoms with Crippen LogP contribution in [-0.4, -0.2) is 67.2 Å². The van der Waals surface area contributed by atoms with Crippen LogP contribution in [0.5, 0.6) is 5.75 Å². The van der Waals surface area contributed by atoms with Crippen LogP contribution >= 0.6 is 0 Å². The van der Waals surface area contributed by atoms with Gasteiger partial charge in [0.25, 0.3) is 5.91 Å². The summed E-state index contributed by atoms with van der Waals surface area (Å²) in [5.74, 6) is 0.904. The number of hydrogen-bond acceptors (Lipinski definition) is 5. The lowest BCUT2D eigenvalue weighted by molar-refractivity contribution is -0.134. The van der Waals surface area contributed by atoms with Crippen molar-refractivity contribution in [2.24, 2.45) is 5.92 Å². The van der Waals surface area contributed by atoms with E-state index in [1.807, 2.05) is 13.8 Å². The van der Waals surface area contributed by atoms with Crippen molar-refractivity contribution in [2.45, 2.75) is 89.5 Å². The zero-order valence-electron chi connectivity index (χ0n) is 21.7. The van der Waals surface area contributed by atoms with Gasteiger partial charge in [-0.15, -0.1) is 0 Å². The number of amides is 4. The normalized spacial score (nSPS) is 24.6. The molecule has 1 aromatic carbocycles. The van der Waals surface area contributed by atoms with Gasteiger partial charge in [0, 0.05) is 25.3 Å². The summed E-state index contributed by atoms with van der Waals surface area (Å²) >= 11 is 0. The maximum Gasteiger partial charge on any atom is 0.319 e. The second-order valence-electron chi connectivity index (χ2n) is 10.6. The van der Waals surface area contributed by atoms with E-state index in [9.17, 15) is 14.4 Å². The van der Waals surface area contributed by atoms with E-state index in [1.54, 1.807) is 30.1 Å². The first-order valence-electron chi connectivity index (χ1n) is 13.3. The molecule has 1 aromatic rings. The van der Waals surface area contributed by atoms with Crippen LogP contribution in [0, 0.1) is 5.92 Å². The van der Waals surface area contributed by atoms with Gasteiger partial charge < -0.3 is 30.3 Å². The molecule has 0 unspecified atom stereocenters. The Morgan fingerprint density at radius 3 is 2.64 bits per heavy atom. The molecule has 2 fully saturated rings. The van der Waals surface area contributed by atoms with Gasteiger partial charge in [-0.2, -0.15) is 0 Å². The minimum absolute atomic E-state index is 0.000429. The average Bonchev–Trinajstić information content (AvgIpc) is 2.85. The Kier molecular flexibility index (Phi) is 8.72. The standard InChI is InChI=1S/C27H40N4O5/c1-17(2)29-27(34)30-19-9-12-23-21(13-19)26(33)31(3)22-11-10-20(36-24(22)16-35-23)14-25(32)28-15-18-7-5-4-6-8-18/h9,12-13,17-18,20,22,24H,4-8,10-11,14-16H2,1-3H3,(H,28,32)(H2,29,30,34)/t20-,22+,24-/m1/s1. The second kappa shape index (κ2) is 12.0. The summed E-state index contributed by atoms with van der Waals surface area (Å²) in [6.07, 6.45) is 7.50. The van der Waals surface area contributed by atoms with Crippen LogP contribution in [0.3, 0.4) is 0 Å². The van der Waals surface area contributed by atoms with Gasteiger partial charge >= 0.3 is 6.03 Å². The van der Waals surface area contributed by atoms with Crippen LogP contribution in [0.25, 0.3) is 0 Å². The van der Waals surface area contributed by atoms with E-state index < -0.39 is 0 Å². The maximum atomic E-state index is 13.4. The van der Waals surface area contributed by atoms with E-state index in [0.717, 1.165) is 13.0 Å². The molecule has 0 aromatic heterocycles. The number of ether oxygens (including phenoxy) is 2. The van der Waals surface area contributed by atoms with Gasteiger partial charge in [-0.25, -0.2) is 4.79 Å². The number of anilines is 1. The van der Waals surface area contributed by atoms with Gasteiger partial charge in [0.15, 0.2) is 0 Å². The average molecular weight is 501 g/mol. The Balaban J connectivity index is 1.35. The largest absolute Gasteiger partial charge is 0.490 e. The SMILES string of the molecule is CC(C)NC(=O)Nc1ccc2c(c1)C(=O)N(C)[C@H]1CC[C@H](CC(=O)NCC3CCCCC3)O[C@@H]1CO2. The molecule has 3 aliphatic rings. The number of carbonyl (C=O) groups excluding carboxylic acids is 3. The zero-order chi connectivity index (χ0) is 25.7. The minimum atomic E-state index is -0.327. The number of nitrogens with one attached hydrogen (secondary N) is 3. The molecule has 9 heteroatoms. The molecule has 4 rings (SSSR count). The number of nitrogens with zero attached hydrogens (tertiary/aromatic N) is 1. The van der Waals surface area contributed by atoms with Crippen molar-refractivity contribution in [3.8, 4) is 5.75 Å².